The molecule has 1 amide bonds. The van der Waals surface area contributed by atoms with E-state index in [9.17, 15) is 9.59 Å². The molecule has 0 radical (unpaired) electrons. The lowest BCUT2D eigenvalue weighted by molar-refractivity contribution is -0.119. The summed E-state index contributed by atoms with van der Waals surface area (Å²) in [7, 11) is 3.07. The van der Waals surface area contributed by atoms with Gasteiger partial charge in [-0.15, -0.1) is 0 Å². The molecule has 1 aromatic heterocycles. The van der Waals surface area contributed by atoms with Crippen LogP contribution in [0.5, 0.6) is 11.5 Å². The Morgan fingerprint density at radius 3 is 2.45 bits per heavy atom. The lowest BCUT2D eigenvalue weighted by Gasteiger charge is -2.14. The molecule has 9 heteroatoms. The topological polar surface area (TPSA) is 95.3 Å². The minimum absolute atomic E-state index is 0.360. The smallest absolute Gasteiger partial charge is 0.365 e. The highest BCUT2D eigenvalue weighted by atomic mass is 35.5. The van der Waals surface area contributed by atoms with Crippen LogP contribution in [0.1, 0.15) is 13.0 Å². The van der Waals surface area contributed by atoms with Crippen LogP contribution in [0.4, 0.5) is 5.69 Å². The van der Waals surface area contributed by atoms with Crippen molar-refractivity contribution in [1.82, 2.24) is 14.8 Å². The third-order valence-electron chi connectivity index (χ3n) is 4.27. The number of amides is 1. The maximum Gasteiger partial charge on any atom is 0.365 e. The molecule has 0 unspecified atom stereocenters. The number of rotatable bonds is 6. The Morgan fingerprint density at radius 2 is 1.86 bits per heavy atom. The second kappa shape index (κ2) is 8.74. The average Bonchev–Trinajstić information content (AvgIpc) is 2.73. The molecule has 0 saturated carbocycles. The number of hydrogen-bond donors (Lipinski definition) is 1. The molecule has 3 aromatic rings. The van der Waals surface area contributed by atoms with Gasteiger partial charge < -0.3 is 14.8 Å². The Morgan fingerprint density at radius 1 is 1.14 bits per heavy atom. The summed E-state index contributed by atoms with van der Waals surface area (Å²) in [6.45, 7) is 1.56. The number of ether oxygens (including phenoxy) is 2. The third kappa shape index (κ3) is 4.55. The zero-order valence-corrected chi connectivity index (χ0v) is 16.8. The van der Waals surface area contributed by atoms with Gasteiger partial charge in [-0.25, -0.2) is 9.48 Å². The molecule has 8 nitrogen and oxygen atoms in total. The highest BCUT2D eigenvalue weighted by Crippen LogP contribution is 2.27. The minimum Gasteiger partial charge on any atom is -0.497 e. The van der Waals surface area contributed by atoms with Gasteiger partial charge in [0.25, 0.3) is 0 Å². The van der Waals surface area contributed by atoms with Crippen LogP contribution >= 0.6 is 11.6 Å². The van der Waals surface area contributed by atoms with Gasteiger partial charge in [-0.3, -0.25) is 4.79 Å². The van der Waals surface area contributed by atoms with Gasteiger partial charge >= 0.3 is 5.69 Å². The van der Waals surface area contributed by atoms with Gasteiger partial charge in [0.15, 0.2) is 0 Å². The molecule has 150 valence electrons. The van der Waals surface area contributed by atoms with E-state index in [0.717, 1.165) is 4.68 Å². The van der Waals surface area contributed by atoms with Gasteiger partial charge in [0.2, 0.25) is 5.91 Å². The second-order valence-corrected chi connectivity index (χ2v) is 6.52. The van der Waals surface area contributed by atoms with E-state index in [2.05, 4.69) is 15.4 Å². The molecule has 3 rings (SSSR count). The van der Waals surface area contributed by atoms with Gasteiger partial charge in [0, 0.05) is 11.3 Å². The molecule has 1 heterocycles. The zero-order valence-electron chi connectivity index (χ0n) is 16.0. The molecule has 0 aliphatic carbocycles. The van der Waals surface area contributed by atoms with Crippen LogP contribution in [-0.2, 0) is 4.79 Å². The number of nitrogens with one attached hydrogen (secondary N) is 1. The predicted octanol–water partition coefficient (Wildman–Crippen LogP) is 3.18. The lowest BCUT2D eigenvalue weighted by Crippen LogP contribution is -2.34. The average molecular weight is 415 g/mol. The van der Waals surface area contributed by atoms with E-state index in [0.29, 0.717) is 33.5 Å². The summed E-state index contributed by atoms with van der Waals surface area (Å²) in [5.41, 5.74) is 0.966. The summed E-state index contributed by atoms with van der Waals surface area (Å²) >= 11 is 6.07. The normalized spacial score (nSPS) is 11.6. The van der Waals surface area contributed by atoms with Crippen molar-refractivity contribution in [2.75, 3.05) is 19.5 Å². The first-order valence-electron chi connectivity index (χ1n) is 8.67. The maximum atomic E-state index is 12.5. The summed E-state index contributed by atoms with van der Waals surface area (Å²) in [6, 6.07) is 11.0. The van der Waals surface area contributed by atoms with Crippen molar-refractivity contribution in [2.24, 2.45) is 0 Å². The number of halogens is 1. The third-order valence-corrected chi connectivity index (χ3v) is 4.56. The quantitative estimate of drug-likeness (QED) is 0.665. The largest absolute Gasteiger partial charge is 0.497 e. The molecular weight excluding hydrogens is 396 g/mol. The number of nitrogens with zero attached hydrogens (tertiary/aromatic N) is 3. The number of anilines is 1. The van der Waals surface area contributed by atoms with Crippen molar-refractivity contribution in [3.05, 3.63) is 64.2 Å². The number of carbonyl (C=O) groups excluding carboxylic acids is 1. The highest BCUT2D eigenvalue weighted by Gasteiger charge is 2.19. The Bertz CT molecular complexity index is 1080. The number of carbonyl (C=O) groups is 1. The Kier molecular flexibility index (Phi) is 6.13. The lowest BCUT2D eigenvalue weighted by atomic mass is 10.1. The fourth-order valence-electron chi connectivity index (χ4n) is 2.62. The molecular formula is C20H19ClN4O4. The fraction of sp³-hybridized carbons (Fsp3) is 0.200. The summed E-state index contributed by atoms with van der Waals surface area (Å²) in [6.07, 6.45) is 1.44. The molecule has 1 atom stereocenters. The molecule has 2 aromatic carbocycles. The van der Waals surface area contributed by atoms with Crippen LogP contribution < -0.4 is 20.5 Å². The van der Waals surface area contributed by atoms with Gasteiger partial charge in [-0.05, 0) is 49.4 Å². The van der Waals surface area contributed by atoms with Gasteiger partial charge in [-0.1, -0.05) is 11.6 Å². The van der Waals surface area contributed by atoms with Gasteiger partial charge in [0.1, 0.15) is 17.5 Å². The summed E-state index contributed by atoms with van der Waals surface area (Å²) in [5.74, 6) is 0.757. The monoisotopic (exact) mass is 414 g/mol. The Balaban J connectivity index is 1.77. The van der Waals surface area contributed by atoms with E-state index >= 15 is 0 Å². The minimum atomic E-state index is -0.874. The standard InChI is InChI=1S/C20H19ClN4O4/c1-12(19(26)23-14-6-9-18(29-3)16(21)10-14)25-20(27)24-17(11-22-25)13-4-7-15(28-2)8-5-13/h4-12H,1-3H3,(H,23,26)/t12-/m1/s1. The Labute approximate surface area is 172 Å². The van der Waals surface area contributed by atoms with E-state index in [-0.39, 0.29) is 0 Å². The van der Waals surface area contributed by atoms with Gasteiger partial charge in [0.05, 0.1) is 31.1 Å². The van der Waals surface area contributed by atoms with E-state index in [4.69, 9.17) is 21.1 Å². The molecule has 29 heavy (non-hydrogen) atoms. The first kappa shape index (κ1) is 20.3. The van der Waals surface area contributed by atoms with Crippen molar-refractivity contribution >= 4 is 23.2 Å². The summed E-state index contributed by atoms with van der Waals surface area (Å²) in [4.78, 5) is 29.0. The number of methoxy groups -OCH3 is 2. The SMILES string of the molecule is COc1ccc(-c2cnn([C@H](C)C(=O)Nc3ccc(OC)c(Cl)c3)c(=O)n2)cc1. The van der Waals surface area contributed by atoms with Crippen LogP contribution in [0.25, 0.3) is 11.3 Å². The number of aromatic nitrogens is 3. The van der Waals surface area contributed by atoms with Crippen molar-refractivity contribution in [2.45, 2.75) is 13.0 Å². The van der Waals surface area contributed by atoms with Crippen LogP contribution in [0.3, 0.4) is 0 Å². The van der Waals surface area contributed by atoms with Crippen LogP contribution in [0.2, 0.25) is 5.02 Å². The first-order chi connectivity index (χ1) is 13.9. The van der Waals surface area contributed by atoms with E-state index in [1.807, 2.05) is 0 Å². The number of hydrogen-bond acceptors (Lipinski definition) is 6. The molecule has 0 fully saturated rings. The van der Waals surface area contributed by atoms with Crippen LogP contribution in [0, 0.1) is 0 Å². The van der Waals surface area contributed by atoms with E-state index in [1.54, 1.807) is 56.5 Å². The van der Waals surface area contributed by atoms with Crippen molar-refractivity contribution in [1.29, 1.82) is 0 Å². The molecule has 0 aliphatic rings. The summed E-state index contributed by atoms with van der Waals surface area (Å²) in [5, 5.41) is 7.17. The fourth-order valence-corrected chi connectivity index (χ4v) is 2.88. The van der Waals surface area contributed by atoms with Crippen molar-refractivity contribution < 1.29 is 14.3 Å². The predicted molar refractivity (Wildman–Crippen MR) is 110 cm³/mol. The highest BCUT2D eigenvalue weighted by molar-refractivity contribution is 6.32. The second-order valence-electron chi connectivity index (χ2n) is 6.11. The number of benzene rings is 2. The van der Waals surface area contributed by atoms with Crippen LogP contribution in [0.15, 0.2) is 53.5 Å². The first-order valence-corrected chi connectivity index (χ1v) is 9.05. The molecule has 0 saturated heterocycles. The van der Waals surface area contributed by atoms with E-state index < -0.39 is 17.6 Å². The van der Waals surface area contributed by atoms with Crippen LogP contribution in [-0.4, -0.2) is 34.9 Å². The molecule has 0 aliphatic heterocycles. The molecule has 0 spiro atoms. The maximum absolute atomic E-state index is 12.5. The van der Waals surface area contributed by atoms with Gasteiger partial charge in [-0.2, -0.15) is 10.1 Å². The summed E-state index contributed by atoms with van der Waals surface area (Å²) < 4.78 is 11.2. The van der Waals surface area contributed by atoms with E-state index in [1.165, 1.54) is 13.3 Å². The Hall–Kier alpha value is -3.39. The molecule has 0 bridgehead atoms. The van der Waals surface area contributed by atoms with Crippen molar-refractivity contribution in [3.8, 4) is 22.8 Å². The molecule has 1 N–H and O–H groups in total. The zero-order chi connectivity index (χ0) is 21.0. The van der Waals surface area contributed by atoms with Crippen molar-refractivity contribution in [3.63, 3.8) is 0 Å².